The van der Waals surface area contributed by atoms with Crippen LogP contribution >= 0.6 is 0 Å². The number of primary amides is 1. The maximum atomic E-state index is 12.4. The van der Waals surface area contributed by atoms with E-state index in [2.05, 4.69) is 25.3 Å². The fourth-order valence-electron chi connectivity index (χ4n) is 4.12. The summed E-state index contributed by atoms with van der Waals surface area (Å²) < 4.78 is 3.94. The number of imidazole rings is 1. The van der Waals surface area contributed by atoms with E-state index >= 15 is 0 Å². The molecular formula is C22H27N7O2. The van der Waals surface area contributed by atoms with Gasteiger partial charge in [-0.25, -0.2) is 14.5 Å². The normalized spacial score (nSPS) is 13.0. The number of aryl methyl sites for hydroxylation is 1. The highest BCUT2D eigenvalue weighted by atomic mass is 16.2. The van der Waals surface area contributed by atoms with E-state index in [-0.39, 0.29) is 6.03 Å². The summed E-state index contributed by atoms with van der Waals surface area (Å²) in [7, 11) is 0. The number of anilines is 1. The Morgan fingerprint density at radius 2 is 1.97 bits per heavy atom. The van der Waals surface area contributed by atoms with Crippen molar-refractivity contribution in [2.75, 3.05) is 5.32 Å². The lowest BCUT2D eigenvalue weighted by Gasteiger charge is -2.16. The van der Waals surface area contributed by atoms with Gasteiger partial charge < -0.3 is 20.9 Å². The fourth-order valence-corrected chi connectivity index (χ4v) is 4.12. The molecule has 0 atom stereocenters. The predicted octanol–water partition coefficient (Wildman–Crippen LogP) is 2.70. The minimum Gasteiger partial charge on any atom is -0.365 e. The maximum absolute atomic E-state index is 12.4. The molecule has 0 bridgehead atoms. The highest BCUT2D eigenvalue weighted by Gasteiger charge is 2.18. The van der Waals surface area contributed by atoms with Crippen molar-refractivity contribution in [3.8, 4) is 5.69 Å². The van der Waals surface area contributed by atoms with E-state index in [1.807, 2.05) is 26.0 Å². The number of rotatable bonds is 6. The highest BCUT2D eigenvalue weighted by molar-refractivity contribution is 5.94. The second kappa shape index (κ2) is 8.63. The van der Waals surface area contributed by atoms with Gasteiger partial charge in [0.15, 0.2) is 0 Å². The van der Waals surface area contributed by atoms with Crippen molar-refractivity contribution in [1.82, 2.24) is 24.6 Å². The predicted molar refractivity (Wildman–Crippen MR) is 117 cm³/mol. The Morgan fingerprint density at radius 1 is 1.19 bits per heavy atom. The summed E-state index contributed by atoms with van der Waals surface area (Å²) in [6.07, 6.45) is 5.45. The standard InChI is InChI=1S/C22H27N7O2/c1-3-19-17(21(23)30)12-25-29(19)16-9-7-15(8-10-16)27-22(31)24-13-18-20-6-4-5-11-28(20)14(2)26-18/h7-10,12H,3-6,11,13H2,1-2H3,(H2,23,30)(H2,24,27,31). The van der Waals surface area contributed by atoms with Crippen LogP contribution in [0, 0.1) is 6.92 Å². The first-order chi connectivity index (χ1) is 15.0. The monoisotopic (exact) mass is 421 g/mol. The van der Waals surface area contributed by atoms with Gasteiger partial charge in [-0.15, -0.1) is 0 Å². The molecule has 9 nitrogen and oxygen atoms in total. The molecule has 1 aliphatic rings. The SMILES string of the molecule is CCc1c(C(N)=O)cnn1-c1ccc(NC(=O)NCc2nc(C)n3c2CCCC3)cc1. The minimum absolute atomic E-state index is 0.285. The quantitative estimate of drug-likeness (QED) is 0.567. The molecule has 0 radical (unpaired) electrons. The van der Waals surface area contributed by atoms with E-state index in [0.29, 0.717) is 24.2 Å². The van der Waals surface area contributed by atoms with Crippen LogP contribution in [-0.4, -0.2) is 31.3 Å². The summed E-state index contributed by atoms with van der Waals surface area (Å²) in [5.74, 6) is 0.513. The zero-order chi connectivity index (χ0) is 22.0. The summed E-state index contributed by atoms with van der Waals surface area (Å²) in [6, 6.07) is 6.97. The number of fused-ring (bicyclic) bond motifs is 1. The average molecular weight is 422 g/mol. The zero-order valence-electron chi connectivity index (χ0n) is 17.8. The number of nitrogens with one attached hydrogen (secondary N) is 2. The first kappa shape index (κ1) is 20.6. The lowest BCUT2D eigenvalue weighted by atomic mass is 10.1. The van der Waals surface area contributed by atoms with Gasteiger partial charge in [0.25, 0.3) is 5.91 Å². The van der Waals surface area contributed by atoms with Crippen LogP contribution in [0.1, 0.15) is 53.0 Å². The third-order valence-corrected chi connectivity index (χ3v) is 5.65. The van der Waals surface area contributed by atoms with Gasteiger partial charge in [-0.3, -0.25) is 4.79 Å². The second-order valence-electron chi connectivity index (χ2n) is 7.65. The number of nitrogens with zero attached hydrogens (tertiary/aromatic N) is 4. The van der Waals surface area contributed by atoms with E-state index in [0.717, 1.165) is 42.3 Å². The molecule has 1 aliphatic heterocycles. The Hall–Kier alpha value is -3.62. The van der Waals surface area contributed by atoms with Crippen molar-refractivity contribution in [2.24, 2.45) is 5.73 Å². The van der Waals surface area contributed by atoms with E-state index < -0.39 is 5.91 Å². The molecule has 31 heavy (non-hydrogen) atoms. The van der Waals surface area contributed by atoms with Crippen molar-refractivity contribution in [3.63, 3.8) is 0 Å². The van der Waals surface area contributed by atoms with Gasteiger partial charge in [-0.2, -0.15) is 5.10 Å². The van der Waals surface area contributed by atoms with Crippen molar-refractivity contribution in [3.05, 3.63) is 58.9 Å². The van der Waals surface area contributed by atoms with Gasteiger partial charge in [0, 0.05) is 17.9 Å². The van der Waals surface area contributed by atoms with Gasteiger partial charge in [-0.1, -0.05) is 6.92 Å². The number of benzene rings is 1. The zero-order valence-corrected chi connectivity index (χ0v) is 17.8. The number of urea groups is 1. The number of carbonyl (C=O) groups is 2. The summed E-state index contributed by atoms with van der Waals surface area (Å²) in [5.41, 5.74) is 10.2. The summed E-state index contributed by atoms with van der Waals surface area (Å²) in [4.78, 5) is 28.5. The van der Waals surface area contributed by atoms with Gasteiger partial charge in [0.05, 0.1) is 35.4 Å². The van der Waals surface area contributed by atoms with Crippen molar-refractivity contribution in [1.29, 1.82) is 0 Å². The molecule has 0 saturated heterocycles. The molecular weight excluding hydrogens is 394 g/mol. The third kappa shape index (κ3) is 4.16. The Labute approximate surface area is 180 Å². The third-order valence-electron chi connectivity index (χ3n) is 5.65. The number of hydrogen-bond acceptors (Lipinski definition) is 4. The van der Waals surface area contributed by atoms with Crippen LogP contribution in [0.15, 0.2) is 30.5 Å². The molecule has 4 rings (SSSR count). The number of hydrogen-bond donors (Lipinski definition) is 3. The van der Waals surface area contributed by atoms with E-state index in [9.17, 15) is 9.59 Å². The van der Waals surface area contributed by atoms with Crippen molar-refractivity contribution < 1.29 is 9.59 Å². The molecule has 0 aliphatic carbocycles. The molecule has 0 spiro atoms. The van der Waals surface area contributed by atoms with Crippen LogP contribution in [0.2, 0.25) is 0 Å². The molecule has 1 aromatic carbocycles. The van der Waals surface area contributed by atoms with Gasteiger partial charge in [0.1, 0.15) is 5.82 Å². The lowest BCUT2D eigenvalue weighted by molar-refractivity contribution is 0.0999. The van der Waals surface area contributed by atoms with Crippen molar-refractivity contribution >= 4 is 17.6 Å². The molecule has 9 heteroatoms. The Bertz CT molecular complexity index is 1110. The maximum Gasteiger partial charge on any atom is 0.319 e. The Morgan fingerprint density at radius 3 is 2.68 bits per heavy atom. The first-order valence-corrected chi connectivity index (χ1v) is 10.5. The number of aromatic nitrogens is 4. The van der Waals surface area contributed by atoms with Gasteiger partial charge in [-0.05, 0) is 56.9 Å². The molecule has 3 amide bonds. The van der Waals surface area contributed by atoms with Crippen LogP contribution in [0.5, 0.6) is 0 Å². The smallest absolute Gasteiger partial charge is 0.319 e. The van der Waals surface area contributed by atoms with E-state index in [4.69, 9.17) is 5.73 Å². The van der Waals surface area contributed by atoms with Crippen LogP contribution in [-0.2, 0) is 25.9 Å². The van der Waals surface area contributed by atoms with Crippen LogP contribution in [0.25, 0.3) is 5.69 Å². The van der Waals surface area contributed by atoms with Gasteiger partial charge in [0.2, 0.25) is 0 Å². The van der Waals surface area contributed by atoms with Crippen molar-refractivity contribution in [2.45, 2.75) is 52.6 Å². The second-order valence-corrected chi connectivity index (χ2v) is 7.65. The number of amides is 3. The molecule has 0 unspecified atom stereocenters. The van der Waals surface area contributed by atoms with Gasteiger partial charge >= 0.3 is 6.03 Å². The van der Waals surface area contributed by atoms with Crippen LogP contribution in [0.4, 0.5) is 10.5 Å². The summed E-state index contributed by atoms with van der Waals surface area (Å²) in [5, 5.41) is 10.0. The molecule has 0 saturated carbocycles. The molecule has 4 N–H and O–H groups in total. The Kier molecular flexibility index (Phi) is 5.75. The summed E-state index contributed by atoms with van der Waals surface area (Å²) >= 11 is 0. The first-order valence-electron chi connectivity index (χ1n) is 10.5. The molecule has 0 fully saturated rings. The topological polar surface area (TPSA) is 120 Å². The lowest BCUT2D eigenvalue weighted by Crippen LogP contribution is -2.29. The molecule has 3 heterocycles. The highest BCUT2D eigenvalue weighted by Crippen LogP contribution is 2.21. The Balaban J connectivity index is 1.39. The van der Waals surface area contributed by atoms with E-state index in [1.165, 1.54) is 18.3 Å². The van der Waals surface area contributed by atoms with Crippen LogP contribution < -0.4 is 16.4 Å². The number of nitrogens with two attached hydrogens (primary N) is 1. The largest absolute Gasteiger partial charge is 0.365 e. The minimum atomic E-state index is -0.493. The molecule has 2 aromatic heterocycles. The van der Waals surface area contributed by atoms with Crippen LogP contribution in [0.3, 0.4) is 0 Å². The molecule has 3 aromatic rings. The average Bonchev–Trinajstić information content (AvgIpc) is 3.34. The van der Waals surface area contributed by atoms with E-state index in [1.54, 1.807) is 16.8 Å². The number of carbonyl (C=O) groups excluding carboxylic acids is 2. The molecule has 162 valence electrons. The fraction of sp³-hybridized carbons (Fsp3) is 0.364. The summed E-state index contributed by atoms with van der Waals surface area (Å²) in [6.45, 7) is 5.36.